The largest absolute Gasteiger partial charge is 0.494 e. The Balaban J connectivity index is 2.19. The third-order valence-corrected chi connectivity index (χ3v) is 3.02. The average Bonchev–Trinajstić information content (AvgIpc) is 2.44. The summed E-state index contributed by atoms with van der Waals surface area (Å²) in [5, 5.41) is 0. The van der Waals surface area contributed by atoms with Gasteiger partial charge in [0.1, 0.15) is 5.75 Å². The molecular weight excluding hydrogens is 254 g/mol. The first-order valence-electron chi connectivity index (χ1n) is 6.83. The molecule has 1 aromatic rings. The van der Waals surface area contributed by atoms with Crippen LogP contribution in [-0.4, -0.2) is 56.5 Å². The zero-order valence-corrected chi connectivity index (χ0v) is 12.6. The minimum absolute atomic E-state index is 0.116. The van der Waals surface area contributed by atoms with E-state index in [0.717, 1.165) is 24.3 Å². The fourth-order valence-corrected chi connectivity index (χ4v) is 1.70. The predicted molar refractivity (Wildman–Crippen MR) is 80.6 cm³/mol. The van der Waals surface area contributed by atoms with Gasteiger partial charge in [-0.3, -0.25) is 9.69 Å². The highest BCUT2D eigenvalue weighted by Gasteiger charge is 2.07. The molecule has 0 aromatic heterocycles. The Hall–Kier alpha value is -1.59. The highest BCUT2D eigenvalue weighted by atomic mass is 16.5. The Morgan fingerprint density at radius 3 is 2.40 bits per heavy atom. The summed E-state index contributed by atoms with van der Waals surface area (Å²) in [7, 11) is 5.48. The van der Waals surface area contributed by atoms with Crippen LogP contribution in [0.3, 0.4) is 0 Å². The Morgan fingerprint density at radius 2 is 1.85 bits per heavy atom. The zero-order chi connectivity index (χ0) is 15.0. The van der Waals surface area contributed by atoms with Crippen LogP contribution in [-0.2, 0) is 11.3 Å². The maximum atomic E-state index is 11.5. The number of carbonyl (C=O) groups excluding carboxylic acids is 1. The van der Waals surface area contributed by atoms with E-state index in [-0.39, 0.29) is 5.91 Å². The second kappa shape index (κ2) is 8.55. The van der Waals surface area contributed by atoms with Gasteiger partial charge in [0, 0.05) is 27.2 Å². The van der Waals surface area contributed by atoms with Crippen molar-refractivity contribution in [2.24, 2.45) is 5.73 Å². The van der Waals surface area contributed by atoms with Crippen molar-refractivity contribution in [3.63, 3.8) is 0 Å². The summed E-state index contributed by atoms with van der Waals surface area (Å²) < 4.78 is 5.65. The Morgan fingerprint density at radius 1 is 1.20 bits per heavy atom. The predicted octanol–water partition coefficient (Wildman–Crippen LogP) is 0.934. The third-order valence-electron chi connectivity index (χ3n) is 3.02. The number of benzene rings is 1. The summed E-state index contributed by atoms with van der Waals surface area (Å²) in [6.45, 7) is 2.46. The van der Waals surface area contributed by atoms with Crippen molar-refractivity contribution >= 4 is 5.91 Å². The van der Waals surface area contributed by atoms with E-state index in [1.165, 1.54) is 0 Å². The number of nitrogens with zero attached hydrogens (tertiary/aromatic N) is 2. The summed E-state index contributed by atoms with van der Waals surface area (Å²) in [5.41, 5.74) is 6.64. The number of carbonyl (C=O) groups is 1. The van der Waals surface area contributed by atoms with Crippen LogP contribution in [0.15, 0.2) is 24.3 Å². The van der Waals surface area contributed by atoms with Crippen molar-refractivity contribution in [2.45, 2.75) is 13.0 Å². The number of amides is 1. The fourth-order valence-electron chi connectivity index (χ4n) is 1.70. The van der Waals surface area contributed by atoms with Gasteiger partial charge in [0.25, 0.3) is 0 Å². The van der Waals surface area contributed by atoms with Gasteiger partial charge in [0.05, 0.1) is 13.2 Å². The van der Waals surface area contributed by atoms with Crippen LogP contribution in [0.25, 0.3) is 0 Å². The van der Waals surface area contributed by atoms with E-state index in [9.17, 15) is 4.79 Å². The maximum absolute atomic E-state index is 11.5. The molecule has 1 rings (SSSR count). The minimum Gasteiger partial charge on any atom is -0.494 e. The lowest BCUT2D eigenvalue weighted by molar-refractivity contribution is -0.129. The van der Waals surface area contributed by atoms with Gasteiger partial charge in [-0.1, -0.05) is 12.1 Å². The molecule has 0 unspecified atom stereocenters. The first-order chi connectivity index (χ1) is 9.52. The lowest BCUT2D eigenvalue weighted by atomic mass is 10.2. The van der Waals surface area contributed by atoms with Crippen LogP contribution in [0.4, 0.5) is 0 Å². The number of rotatable bonds is 8. The van der Waals surface area contributed by atoms with Gasteiger partial charge in [0.2, 0.25) is 5.91 Å². The number of likely N-dealkylation sites (N-methyl/N-ethyl adjacent to an activating group) is 2. The van der Waals surface area contributed by atoms with Gasteiger partial charge < -0.3 is 15.4 Å². The van der Waals surface area contributed by atoms with Gasteiger partial charge in [0.15, 0.2) is 0 Å². The molecule has 0 atom stereocenters. The van der Waals surface area contributed by atoms with Crippen LogP contribution in [0.2, 0.25) is 0 Å². The van der Waals surface area contributed by atoms with E-state index in [2.05, 4.69) is 0 Å². The molecule has 1 aromatic carbocycles. The first-order valence-corrected chi connectivity index (χ1v) is 6.83. The Labute approximate surface area is 121 Å². The molecule has 5 heteroatoms. The normalized spacial score (nSPS) is 10.7. The smallest absolute Gasteiger partial charge is 0.236 e. The van der Waals surface area contributed by atoms with Crippen molar-refractivity contribution in [2.75, 3.05) is 40.8 Å². The first kappa shape index (κ1) is 16.5. The minimum atomic E-state index is 0.116. The van der Waals surface area contributed by atoms with Crippen LogP contribution in [0.1, 0.15) is 12.0 Å². The van der Waals surface area contributed by atoms with Crippen molar-refractivity contribution in [3.05, 3.63) is 29.8 Å². The molecule has 0 saturated heterocycles. The molecule has 0 fully saturated rings. The zero-order valence-electron chi connectivity index (χ0n) is 12.6. The van der Waals surface area contributed by atoms with E-state index in [4.69, 9.17) is 10.5 Å². The topological polar surface area (TPSA) is 58.8 Å². The highest BCUT2D eigenvalue weighted by molar-refractivity contribution is 5.77. The van der Waals surface area contributed by atoms with Crippen molar-refractivity contribution in [3.8, 4) is 5.75 Å². The highest BCUT2D eigenvalue weighted by Crippen LogP contribution is 2.11. The summed E-state index contributed by atoms with van der Waals surface area (Å²) in [6.07, 6.45) is 0.885. The molecule has 0 aliphatic carbocycles. The number of nitrogens with two attached hydrogens (primary N) is 1. The molecular formula is C15H25N3O2. The SMILES string of the molecule is CN(CCCOc1ccc(CN)cc1)CC(=O)N(C)C. The Kier molecular flexibility index (Phi) is 7.04. The molecule has 0 aliphatic rings. The summed E-state index contributed by atoms with van der Waals surface area (Å²) >= 11 is 0. The average molecular weight is 279 g/mol. The van der Waals surface area contributed by atoms with Crippen molar-refractivity contribution < 1.29 is 9.53 Å². The van der Waals surface area contributed by atoms with Crippen molar-refractivity contribution in [1.82, 2.24) is 9.80 Å². The standard InChI is InChI=1S/C15H25N3O2/c1-17(2)15(19)12-18(3)9-4-10-20-14-7-5-13(11-16)6-8-14/h5-8H,4,9-12,16H2,1-3H3. The molecule has 1 amide bonds. The molecule has 20 heavy (non-hydrogen) atoms. The van der Waals surface area contributed by atoms with E-state index < -0.39 is 0 Å². The van der Waals surface area contributed by atoms with Crippen LogP contribution >= 0.6 is 0 Å². The molecule has 0 radical (unpaired) electrons. The van der Waals surface area contributed by atoms with Crippen LogP contribution < -0.4 is 10.5 Å². The monoisotopic (exact) mass is 279 g/mol. The number of ether oxygens (including phenoxy) is 1. The lowest BCUT2D eigenvalue weighted by Crippen LogP contribution is -2.35. The second-order valence-electron chi connectivity index (χ2n) is 5.08. The quantitative estimate of drug-likeness (QED) is 0.719. The summed E-state index contributed by atoms with van der Waals surface area (Å²) in [6, 6.07) is 7.80. The maximum Gasteiger partial charge on any atom is 0.236 e. The van der Waals surface area contributed by atoms with E-state index >= 15 is 0 Å². The van der Waals surface area contributed by atoms with Crippen LogP contribution in [0, 0.1) is 0 Å². The van der Waals surface area contributed by atoms with E-state index in [0.29, 0.717) is 19.7 Å². The molecule has 0 bridgehead atoms. The fraction of sp³-hybridized carbons (Fsp3) is 0.533. The van der Waals surface area contributed by atoms with Gasteiger partial charge in [-0.05, 0) is 31.2 Å². The molecule has 5 nitrogen and oxygen atoms in total. The summed E-state index contributed by atoms with van der Waals surface area (Å²) in [4.78, 5) is 15.1. The van der Waals surface area contributed by atoms with E-state index in [1.807, 2.05) is 36.2 Å². The van der Waals surface area contributed by atoms with Crippen LogP contribution in [0.5, 0.6) is 5.75 Å². The van der Waals surface area contributed by atoms with E-state index in [1.54, 1.807) is 19.0 Å². The molecule has 0 heterocycles. The van der Waals surface area contributed by atoms with Gasteiger partial charge >= 0.3 is 0 Å². The third kappa shape index (κ3) is 6.04. The van der Waals surface area contributed by atoms with Gasteiger partial charge in [-0.15, -0.1) is 0 Å². The summed E-state index contributed by atoms with van der Waals surface area (Å²) in [5.74, 6) is 0.972. The molecule has 112 valence electrons. The molecule has 0 saturated carbocycles. The second-order valence-corrected chi connectivity index (χ2v) is 5.08. The Bertz CT molecular complexity index is 404. The van der Waals surface area contributed by atoms with Gasteiger partial charge in [-0.25, -0.2) is 0 Å². The molecule has 2 N–H and O–H groups in total. The van der Waals surface area contributed by atoms with Crippen molar-refractivity contribution in [1.29, 1.82) is 0 Å². The number of hydrogen-bond acceptors (Lipinski definition) is 4. The molecule has 0 aliphatic heterocycles. The lowest BCUT2D eigenvalue weighted by Gasteiger charge is -2.18. The van der Waals surface area contributed by atoms with Gasteiger partial charge in [-0.2, -0.15) is 0 Å². The number of hydrogen-bond donors (Lipinski definition) is 1. The molecule has 0 spiro atoms.